The van der Waals surface area contributed by atoms with Gasteiger partial charge in [-0.25, -0.2) is 0 Å². The Labute approximate surface area is 123 Å². The molecule has 1 unspecified atom stereocenters. The van der Waals surface area contributed by atoms with E-state index in [1.807, 2.05) is 17.5 Å². The summed E-state index contributed by atoms with van der Waals surface area (Å²) < 4.78 is 0. The summed E-state index contributed by atoms with van der Waals surface area (Å²) in [6.07, 6.45) is 4.38. The molecule has 2 heterocycles. The molecule has 2 N–H and O–H groups in total. The molecule has 1 atom stereocenters. The van der Waals surface area contributed by atoms with E-state index in [1.54, 1.807) is 0 Å². The molecule has 0 spiro atoms. The van der Waals surface area contributed by atoms with E-state index in [0.717, 1.165) is 6.54 Å². The average molecular weight is 284 g/mol. The Kier molecular flexibility index (Phi) is 4.19. The first-order valence-electron chi connectivity index (χ1n) is 7.19. The largest absolute Gasteiger partial charge is 0.361 e. The topological polar surface area (TPSA) is 27.8 Å². The lowest BCUT2D eigenvalue weighted by atomic mass is 10.1. The molecular formula is C17H20N2S. The Balaban J connectivity index is 1.70. The van der Waals surface area contributed by atoms with Crippen LogP contribution >= 0.6 is 11.3 Å². The summed E-state index contributed by atoms with van der Waals surface area (Å²) >= 11 is 1.84. The van der Waals surface area contributed by atoms with E-state index >= 15 is 0 Å². The van der Waals surface area contributed by atoms with Crippen molar-refractivity contribution in [2.45, 2.75) is 32.4 Å². The lowest BCUT2D eigenvalue weighted by molar-refractivity contribution is 0.500. The van der Waals surface area contributed by atoms with Crippen molar-refractivity contribution in [1.29, 1.82) is 0 Å². The van der Waals surface area contributed by atoms with E-state index < -0.39 is 0 Å². The number of hydrogen-bond donors (Lipinski definition) is 2. The van der Waals surface area contributed by atoms with Gasteiger partial charge in [0.1, 0.15) is 0 Å². The fourth-order valence-electron chi connectivity index (χ4n) is 2.57. The lowest BCUT2D eigenvalue weighted by Crippen LogP contribution is -2.19. The van der Waals surface area contributed by atoms with Crippen molar-refractivity contribution in [2.24, 2.45) is 0 Å². The molecule has 2 aromatic heterocycles. The maximum absolute atomic E-state index is 3.69. The fourth-order valence-corrected chi connectivity index (χ4v) is 3.41. The van der Waals surface area contributed by atoms with Crippen LogP contribution in [0.1, 0.15) is 36.2 Å². The van der Waals surface area contributed by atoms with Gasteiger partial charge < -0.3 is 10.3 Å². The molecule has 3 heteroatoms. The first kappa shape index (κ1) is 13.4. The Morgan fingerprint density at radius 3 is 3.00 bits per heavy atom. The van der Waals surface area contributed by atoms with Crippen molar-refractivity contribution in [1.82, 2.24) is 10.3 Å². The molecular weight excluding hydrogens is 264 g/mol. The van der Waals surface area contributed by atoms with Gasteiger partial charge >= 0.3 is 0 Å². The van der Waals surface area contributed by atoms with Crippen LogP contribution in [-0.4, -0.2) is 4.98 Å². The Morgan fingerprint density at radius 2 is 2.20 bits per heavy atom. The molecule has 0 bridgehead atoms. The highest BCUT2D eigenvalue weighted by Gasteiger charge is 2.10. The van der Waals surface area contributed by atoms with Crippen LogP contribution < -0.4 is 5.32 Å². The molecule has 3 aromatic rings. The van der Waals surface area contributed by atoms with Crippen molar-refractivity contribution in [3.63, 3.8) is 0 Å². The summed E-state index contributed by atoms with van der Waals surface area (Å²) in [4.78, 5) is 4.71. The number of thiophene rings is 1. The van der Waals surface area contributed by atoms with Gasteiger partial charge in [0.15, 0.2) is 0 Å². The van der Waals surface area contributed by atoms with Crippen LogP contribution in [0, 0.1) is 0 Å². The van der Waals surface area contributed by atoms with Crippen LogP contribution in [0.15, 0.2) is 48.0 Å². The summed E-state index contributed by atoms with van der Waals surface area (Å²) in [6.45, 7) is 3.16. The van der Waals surface area contributed by atoms with Crippen molar-refractivity contribution >= 4 is 22.2 Å². The van der Waals surface area contributed by atoms with Gasteiger partial charge in [0.25, 0.3) is 0 Å². The van der Waals surface area contributed by atoms with Gasteiger partial charge in [-0.3, -0.25) is 0 Å². The first-order valence-corrected chi connectivity index (χ1v) is 8.07. The molecule has 0 saturated heterocycles. The zero-order chi connectivity index (χ0) is 13.8. The van der Waals surface area contributed by atoms with Gasteiger partial charge in [-0.1, -0.05) is 31.5 Å². The molecule has 0 fully saturated rings. The van der Waals surface area contributed by atoms with E-state index in [0.29, 0.717) is 6.04 Å². The van der Waals surface area contributed by atoms with Gasteiger partial charge in [0.2, 0.25) is 0 Å². The van der Waals surface area contributed by atoms with Gasteiger partial charge in [0.05, 0.1) is 0 Å². The molecule has 0 aliphatic rings. The number of aromatic amines is 1. The lowest BCUT2D eigenvalue weighted by Gasteiger charge is -2.16. The Bertz CT molecular complexity index is 655. The standard InChI is InChI=1S/C17H20N2S/c1-2-4-15(17-5-3-10-20-17)19-12-13-6-7-14-8-9-18-16(14)11-13/h3,5-11,15,18-19H,2,4,12H2,1H3. The summed E-state index contributed by atoms with van der Waals surface area (Å²) in [5, 5.41) is 7.13. The SMILES string of the molecule is CCCC(NCc1ccc2cc[nH]c2c1)c1cccs1. The van der Waals surface area contributed by atoms with E-state index in [-0.39, 0.29) is 0 Å². The highest BCUT2D eigenvalue weighted by Crippen LogP contribution is 2.24. The van der Waals surface area contributed by atoms with Crippen molar-refractivity contribution in [3.05, 3.63) is 58.4 Å². The minimum absolute atomic E-state index is 0.472. The third-order valence-electron chi connectivity index (χ3n) is 3.64. The van der Waals surface area contributed by atoms with Crippen LogP contribution in [-0.2, 0) is 6.54 Å². The van der Waals surface area contributed by atoms with Crippen LogP contribution in [0.25, 0.3) is 10.9 Å². The van der Waals surface area contributed by atoms with Crippen molar-refractivity contribution < 1.29 is 0 Å². The average Bonchev–Trinajstić information content (AvgIpc) is 3.13. The summed E-state index contributed by atoms with van der Waals surface area (Å²) in [7, 11) is 0. The monoisotopic (exact) mass is 284 g/mol. The number of benzene rings is 1. The maximum atomic E-state index is 3.69. The van der Waals surface area contributed by atoms with Crippen LogP contribution in [0.3, 0.4) is 0 Å². The van der Waals surface area contributed by atoms with Gasteiger partial charge in [0, 0.05) is 29.2 Å². The normalized spacial score (nSPS) is 12.8. The number of hydrogen-bond acceptors (Lipinski definition) is 2. The molecule has 3 rings (SSSR count). The second kappa shape index (κ2) is 6.25. The van der Waals surface area contributed by atoms with E-state index in [1.165, 1.54) is 34.2 Å². The number of fused-ring (bicyclic) bond motifs is 1. The third-order valence-corrected chi connectivity index (χ3v) is 4.62. The number of rotatable bonds is 6. The molecule has 0 aliphatic heterocycles. The third kappa shape index (κ3) is 2.94. The summed E-state index contributed by atoms with van der Waals surface area (Å²) in [5.74, 6) is 0. The van der Waals surface area contributed by atoms with Crippen LogP contribution in [0.5, 0.6) is 0 Å². The molecule has 1 aromatic carbocycles. The minimum Gasteiger partial charge on any atom is -0.361 e. The van der Waals surface area contributed by atoms with E-state index in [9.17, 15) is 0 Å². The highest BCUT2D eigenvalue weighted by atomic mass is 32.1. The molecule has 0 radical (unpaired) electrons. The molecule has 20 heavy (non-hydrogen) atoms. The molecule has 104 valence electrons. The smallest absolute Gasteiger partial charge is 0.0457 e. The van der Waals surface area contributed by atoms with Crippen LogP contribution in [0.4, 0.5) is 0 Å². The second-order valence-corrected chi connectivity index (χ2v) is 6.12. The predicted octanol–water partition coefficient (Wildman–Crippen LogP) is 4.86. The van der Waals surface area contributed by atoms with Gasteiger partial charge in [-0.05, 0) is 40.9 Å². The number of H-pyrrole nitrogens is 1. The molecule has 0 saturated carbocycles. The molecule has 0 aliphatic carbocycles. The van der Waals surface area contributed by atoms with Gasteiger partial charge in [-0.15, -0.1) is 11.3 Å². The van der Waals surface area contributed by atoms with Crippen molar-refractivity contribution in [2.75, 3.05) is 0 Å². The zero-order valence-corrected chi connectivity index (χ0v) is 12.5. The van der Waals surface area contributed by atoms with Crippen molar-refractivity contribution in [3.8, 4) is 0 Å². The number of nitrogens with one attached hydrogen (secondary N) is 2. The fraction of sp³-hybridized carbons (Fsp3) is 0.294. The minimum atomic E-state index is 0.472. The van der Waals surface area contributed by atoms with Crippen LogP contribution in [0.2, 0.25) is 0 Å². The van der Waals surface area contributed by atoms with E-state index in [4.69, 9.17) is 0 Å². The first-order chi connectivity index (χ1) is 9.86. The molecule has 0 amide bonds. The zero-order valence-electron chi connectivity index (χ0n) is 11.7. The Morgan fingerprint density at radius 1 is 1.25 bits per heavy atom. The quantitative estimate of drug-likeness (QED) is 0.664. The number of aromatic nitrogens is 1. The Hall–Kier alpha value is -1.58. The maximum Gasteiger partial charge on any atom is 0.0457 e. The second-order valence-electron chi connectivity index (χ2n) is 5.14. The summed E-state index contributed by atoms with van der Waals surface area (Å²) in [6, 6.07) is 13.6. The van der Waals surface area contributed by atoms with Gasteiger partial charge in [-0.2, -0.15) is 0 Å². The summed E-state index contributed by atoms with van der Waals surface area (Å²) in [5.41, 5.74) is 2.55. The molecule has 2 nitrogen and oxygen atoms in total. The highest BCUT2D eigenvalue weighted by molar-refractivity contribution is 7.10. The predicted molar refractivity (Wildman–Crippen MR) is 87.1 cm³/mol. The van der Waals surface area contributed by atoms with E-state index in [2.05, 4.69) is 59.0 Å².